The molecule has 2 aromatic carbocycles. The minimum Gasteiger partial charge on any atom is -0.383 e. The summed E-state index contributed by atoms with van der Waals surface area (Å²) in [4.78, 5) is 6.87. The number of hydrogen-bond donors (Lipinski definition) is 1. The van der Waals surface area contributed by atoms with Gasteiger partial charge in [-0.25, -0.2) is 0 Å². The summed E-state index contributed by atoms with van der Waals surface area (Å²) >= 11 is 15.1. The summed E-state index contributed by atoms with van der Waals surface area (Å²) in [6.45, 7) is 5.01. The van der Waals surface area contributed by atoms with Crippen molar-refractivity contribution >= 4 is 57.7 Å². The lowest BCUT2D eigenvalue weighted by Gasteiger charge is -2.29. The quantitative estimate of drug-likeness (QED) is 0.444. The van der Waals surface area contributed by atoms with Gasteiger partial charge in [0, 0.05) is 61.6 Å². The van der Waals surface area contributed by atoms with Crippen molar-refractivity contribution in [3.63, 3.8) is 0 Å². The maximum Gasteiger partial charge on any atom is 0.0717 e. The summed E-state index contributed by atoms with van der Waals surface area (Å²) in [5.41, 5.74) is 4.10. The average Bonchev–Trinajstić information content (AvgIpc) is 3.28. The van der Waals surface area contributed by atoms with Crippen LogP contribution in [0.1, 0.15) is 12.8 Å². The Morgan fingerprint density at radius 2 is 1.53 bits per heavy atom. The Kier molecular flexibility index (Phi) is 7.21. The lowest BCUT2D eigenvalue weighted by molar-refractivity contribution is 0.190. The first-order valence-electron chi connectivity index (χ1n) is 10.2. The number of ether oxygens (including phenoxy) is 2. The second kappa shape index (κ2) is 9.88. The van der Waals surface area contributed by atoms with Gasteiger partial charge in [-0.3, -0.25) is 0 Å². The standard InChI is InChI=1S/C22H27Cl2N3O2S/c1-28-9-7-27(8-10-29-2)16-12-18(24)22-20(14-16)30-19-13-15(26-5-3-4-6-26)11-17(23)21(19)25-22/h11-14,25H,3-10H2,1-2H3. The SMILES string of the molecule is COCCN(CCOC)c1cc(Cl)c2c(c1)Sc1cc(N3CCCC3)cc(Cl)c1N2. The van der Waals surface area contributed by atoms with Gasteiger partial charge in [-0.2, -0.15) is 0 Å². The smallest absolute Gasteiger partial charge is 0.0717 e. The number of anilines is 4. The van der Waals surface area contributed by atoms with Crippen LogP contribution in [0, 0.1) is 0 Å². The first-order chi connectivity index (χ1) is 14.6. The van der Waals surface area contributed by atoms with E-state index >= 15 is 0 Å². The number of rotatable bonds is 8. The van der Waals surface area contributed by atoms with E-state index < -0.39 is 0 Å². The van der Waals surface area contributed by atoms with E-state index in [0.29, 0.717) is 18.2 Å². The molecular formula is C22H27Cl2N3O2S. The van der Waals surface area contributed by atoms with Crippen molar-refractivity contribution < 1.29 is 9.47 Å². The molecule has 1 fully saturated rings. The van der Waals surface area contributed by atoms with Crippen LogP contribution in [0.2, 0.25) is 10.0 Å². The van der Waals surface area contributed by atoms with Gasteiger partial charge in [0.2, 0.25) is 0 Å². The summed E-state index contributed by atoms with van der Waals surface area (Å²) < 4.78 is 10.6. The number of benzene rings is 2. The van der Waals surface area contributed by atoms with Crippen molar-refractivity contribution in [1.29, 1.82) is 0 Å². The molecule has 4 rings (SSSR count). The van der Waals surface area contributed by atoms with E-state index in [9.17, 15) is 0 Å². The third-order valence-corrected chi connectivity index (χ3v) is 7.19. The fourth-order valence-electron chi connectivity index (χ4n) is 3.90. The molecule has 2 aliphatic rings. The number of methoxy groups -OCH3 is 2. The molecule has 0 saturated carbocycles. The van der Waals surface area contributed by atoms with E-state index in [1.54, 1.807) is 26.0 Å². The van der Waals surface area contributed by atoms with Crippen LogP contribution >= 0.6 is 35.0 Å². The lowest BCUT2D eigenvalue weighted by atomic mass is 10.2. The molecule has 5 nitrogen and oxygen atoms in total. The molecule has 0 unspecified atom stereocenters. The molecule has 2 heterocycles. The molecule has 30 heavy (non-hydrogen) atoms. The molecule has 1 saturated heterocycles. The Morgan fingerprint density at radius 3 is 2.17 bits per heavy atom. The van der Waals surface area contributed by atoms with Gasteiger partial charge in [0.1, 0.15) is 0 Å². The second-order valence-corrected chi connectivity index (χ2v) is 9.39. The Balaban J connectivity index is 1.64. The molecule has 0 bridgehead atoms. The summed E-state index contributed by atoms with van der Waals surface area (Å²) in [7, 11) is 3.43. The maximum absolute atomic E-state index is 6.70. The van der Waals surface area contributed by atoms with Gasteiger partial charge in [0.05, 0.1) is 34.6 Å². The molecular weight excluding hydrogens is 441 g/mol. The van der Waals surface area contributed by atoms with Crippen LogP contribution in [0.3, 0.4) is 0 Å². The molecule has 8 heteroatoms. The van der Waals surface area contributed by atoms with E-state index in [1.165, 1.54) is 18.5 Å². The van der Waals surface area contributed by atoms with E-state index in [-0.39, 0.29) is 0 Å². The molecule has 0 radical (unpaired) electrons. The van der Waals surface area contributed by atoms with E-state index in [4.69, 9.17) is 32.7 Å². The zero-order chi connectivity index (χ0) is 21.1. The molecule has 0 spiro atoms. The van der Waals surface area contributed by atoms with Crippen LogP contribution in [0.25, 0.3) is 0 Å². The molecule has 1 N–H and O–H groups in total. The third kappa shape index (κ3) is 4.63. The van der Waals surface area contributed by atoms with E-state index in [0.717, 1.165) is 58.1 Å². The zero-order valence-corrected chi connectivity index (χ0v) is 19.7. The molecule has 2 aromatic rings. The number of nitrogens with zero attached hydrogens (tertiary/aromatic N) is 2. The van der Waals surface area contributed by atoms with Crippen LogP contribution < -0.4 is 15.1 Å². The Hall–Kier alpha value is -1.31. The highest BCUT2D eigenvalue weighted by molar-refractivity contribution is 7.99. The fraction of sp³-hybridized carbons (Fsp3) is 0.455. The van der Waals surface area contributed by atoms with Crippen LogP contribution in [0.15, 0.2) is 34.1 Å². The van der Waals surface area contributed by atoms with Gasteiger partial charge in [-0.1, -0.05) is 35.0 Å². The van der Waals surface area contributed by atoms with Crippen molar-refractivity contribution in [2.45, 2.75) is 22.6 Å². The van der Waals surface area contributed by atoms with E-state index in [1.807, 2.05) is 6.07 Å². The minimum atomic E-state index is 0.640. The summed E-state index contributed by atoms with van der Waals surface area (Å²) in [5.74, 6) is 0. The van der Waals surface area contributed by atoms with Gasteiger partial charge in [0.15, 0.2) is 0 Å². The normalized spacial score (nSPS) is 15.0. The second-order valence-electron chi connectivity index (χ2n) is 7.50. The molecule has 162 valence electrons. The lowest BCUT2D eigenvalue weighted by Crippen LogP contribution is -2.30. The molecule has 0 amide bonds. The zero-order valence-electron chi connectivity index (χ0n) is 17.3. The molecule has 0 aliphatic carbocycles. The Bertz CT molecular complexity index is 898. The Morgan fingerprint density at radius 1 is 0.933 bits per heavy atom. The van der Waals surface area contributed by atoms with Crippen molar-refractivity contribution in [2.75, 3.05) is 68.7 Å². The summed E-state index contributed by atoms with van der Waals surface area (Å²) in [5, 5.41) is 4.89. The average molecular weight is 468 g/mol. The predicted octanol–water partition coefficient (Wildman–Crippen LogP) is 5.90. The molecule has 0 aromatic heterocycles. The number of halogens is 2. The number of nitrogens with one attached hydrogen (secondary N) is 1. The monoisotopic (exact) mass is 467 g/mol. The van der Waals surface area contributed by atoms with Gasteiger partial charge in [-0.05, 0) is 37.1 Å². The van der Waals surface area contributed by atoms with Crippen LogP contribution in [-0.2, 0) is 9.47 Å². The highest BCUT2D eigenvalue weighted by Gasteiger charge is 2.24. The maximum atomic E-state index is 6.70. The third-order valence-electron chi connectivity index (χ3n) is 5.51. The van der Waals surface area contributed by atoms with Gasteiger partial charge in [-0.15, -0.1) is 0 Å². The summed E-state index contributed by atoms with van der Waals surface area (Å²) in [6.07, 6.45) is 2.47. The van der Waals surface area contributed by atoms with Crippen LogP contribution in [0.5, 0.6) is 0 Å². The molecule has 2 aliphatic heterocycles. The highest BCUT2D eigenvalue weighted by Crippen LogP contribution is 2.51. The van der Waals surface area contributed by atoms with Gasteiger partial charge < -0.3 is 24.6 Å². The van der Waals surface area contributed by atoms with E-state index in [2.05, 4.69) is 33.3 Å². The topological polar surface area (TPSA) is 37.0 Å². The number of hydrogen-bond acceptors (Lipinski definition) is 6. The number of fused-ring (bicyclic) bond motifs is 2. The van der Waals surface area contributed by atoms with Crippen LogP contribution in [0.4, 0.5) is 22.7 Å². The largest absolute Gasteiger partial charge is 0.383 e. The first kappa shape index (κ1) is 21.9. The van der Waals surface area contributed by atoms with Crippen LogP contribution in [-0.4, -0.2) is 53.6 Å². The first-order valence-corrected chi connectivity index (χ1v) is 11.8. The summed E-state index contributed by atoms with van der Waals surface area (Å²) in [6, 6.07) is 8.48. The predicted molar refractivity (Wildman–Crippen MR) is 128 cm³/mol. The molecule has 0 atom stereocenters. The van der Waals surface area contributed by atoms with Crippen molar-refractivity contribution in [1.82, 2.24) is 0 Å². The highest BCUT2D eigenvalue weighted by atomic mass is 35.5. The van der Waals surface area contributed by atoms with Crippen molar-refractivity contribution in [2.24, 2.45) is 0 Å². The minimum absolute atomic E-state index is 0.640. The Labute approximate surface area is 192 Å². The fourth-order valence-corrected chi connectivity index (χ4v) is 5.65. The van der Waals surface area contributed by atoms with Crippen molar-refractivity contribution in [3.05, 3.63) is 34.3 Å². The van der Waals surface area contributed by atoms with Gasteiger partial charge in [0.25, 0.3) is 0 Å². The van der Waals surface area contributed by atoms with Crippen molar-refractivity contribution in [3.8, 4) is 0 Å². The van der Waals surface area contributed by atoms with Gasteiger partial charge >= 0.3 is 0 Å².